The molecule has 1 amide bonds. The molecule has 1 atom stereocenters. The number of nitro benzene ring substituents is 1. The number of benzene rings is 4. The summed E-state index contributed by atoms with van der Waals surface area (Å²) in [5.74, 6) is -1.18. The Hall–Kier alpha value is -5.24. The lowest BCUT2D eigenvalue weighted by atomic mass is 9.99. The predicted molar refractivity (Wildman–Crippen MR) is 158 cm³/mol. The Labute approximate surface area is 237 Å². The fraction of sp³-hybridized carbons (Fsp3) is 0.152. The Balaban J connectivity index is 1.36. The summed E-state index contributed by atoms with van der Waals surface area (Å²) in [6.45, 7) is 6.57. The highest BCUT2D eigenvalue weighted by atomic mass is 16.6. The molecule has 5 rings (SSSR count). The number of fused-ring (bicyclic) bond motifs is 1. The summed E-state index contributed by atoms with van der Waals surface area (Å²) in [6.07, 6.45) is 0. The average molecular weight is 548 g/mol. The second kappa shape index (κ2) is 11.1. The SMILES string of the molecule is Cc1c(C)n(Cc2ccc(-c3ccccc3C(=O)O)cc2)c2ccc(C(=O)N[C@H](C)c3ccc([N+](=O)[O-])cc3)cc12. The number of amides is 1. The summed E-state index contributed by atoms with van der Waals surface area (Å²) >= 11 is 0. The number of carbonyl (C=O) groups is 2. The number of carboxylic acids is 1. The lowest BCUT2D eigenvalue weighted by molar-refractivity contribution is -0.384. The molecule has 41 heavy (non-hydrogen) atoms. The van der Waals surface area contributed by atoms with Crippen molar-refractivity contribution in [2.24, 2.45) is 0 Å². The monoisotopic (exact) mass is 547 g/mol. The van der Waals surface area contributed by atoms with E-state index < -0.39 is 10.9 Å². The van der Waals surface area contributed by atoms with Crippen LogP contribution in [0.4, 0.5) is 5.69 Å². The van der Waals surface area contributed by atoms with Crippen molar-refractivity contribution in [3.63, 3.8) is 0 Å². The zero-order chi connectivity index (χ0) is 29.3. The van der Waals surface area contributed by atoms with Gasteiger partial charge < -0.3 is 15.0 Å². The molecule has 8 nitrogen and oxygen atoms in total. The first-order chi connectivity index (χ1) is 19.6. The molecule has 0 bridgehead atoms. The Morgan fingerprint density at radius 1 is 0.951 bits per heavy atom. The molecule has 0 aliphatic heterocycles. The van der Waals surface area contributed by atoms with Crippen LogP contribution < -0.4 is 5.32 Å². The van der Waals surface area contributed by atoms with Crippen LogP contribution in [0.2, 0.25) is 0 Å². The Bertz CT molecular complexity index is 1790. The number of carboxylic acid groups (broad SMARTS) is 1. The van der Waals surface area contributed by atoms with Gasteiger partial charge in [0, 0.05) is 40.8 Å². The van der Waals surface area contributed by atoms with Crippen LogP contribution in [0.1, 0.15) is 56.1 Å². The van der Waals surface area contributed by atoms with E-state index in [2.05, 4.69) is 16.8 Å². The van der Waals surface area contributed by atoms with Crippen LogP contribution in [0.3, 0.4) is 0 Å². The minimum Gasteiger partial charge on any atom is -0.478 e. The fourth-order valence-electron chi connectivity index (χ4n) is 5.14. The van der Waals surface area contributed by atoms with Crippen molar-refractivity contribution in [1.29, 1.82) is 0 Å². The molecule has 1 heterocycles. The standard InChI is InChI=1S/C33H29N3O5/c1-20-22(3)35(19-23-8-10-25(11-9-23)28-6-4-5-7-29(28)33(38)39)31-17-14-26(18-30(20)31)32(37)34-21(2)24-12-15-27(16-13-24)36(40)41/h4-18,21H,19H2,1-3H3,(H,34,37)(H,38,39)/t21-/m1/s1. The number of aromatic nitrogens is 1. The number of nitro groups is 1. The number of nitrogens with one attached hydrogen (secondary N) is 1. The maximum atomic E-state index is 13.1. The summed E-state index contributed by atoms with van der Waals surface area (Å²) in [5.41, 5.74) is 7.38. The van der Waals surface area contributed by atoms with E-state index in [0.717, 1.165) is 38.9 Å². The second-order valence-electron chi connectivity index (χ2n) is 10.1. The molecular weight excluding hydrogens is 518 g/mol. The van der Waals surface area contributed by atoms with Gasteiger partial charge >= 0.3 is 5.97 Å². The molecule has 206 valence electrons. The lowest BCUT2D eigenvalue weighted by Crippen LogP contribution is -2.26. The number of carbonyl (C=O) groups excluding carboxylic acids is 1. The number of aromatic carboxylic acids is 1. The van der Waals surface area contributed by atoms with E-state index in [1.54, 1.807) is 24.3 Å². The minimum absolute atomic E-state index is 0.00699. The highest BCUT2D eigenvalue weighted by molar-refractivity contribution is 5.99. The van der Waals surface area contributed by atoms with E-state index >= 15 is 0 Å². The van der Waals surface area contributed by atoms with Gasteiger partial charge in [-0.1, -0.05) is 54.6 Å². The van der Waals surface area contributed by atoms with E-state index in [1.807, 2.05) is 68.4 Å². The lowest BCUT2D eigenvalue weighted by Gasteiger charge is -2.14. The first-order valence-corrected chi connectivity index (χ1v) is 13.2. The minimum atomic E-state index is -0.955. The molecule has 0 saturated carbocycles. The molecule has 0 spiro atoms. The molecule has 0 fully saturated rings. The molecule has 8 heteroatoms. The fourth-order valence-corrected chi connectivity index (χ4v) is 5.14. The summed E-state index contributed by atoms with van der Waals surface area (Å²) in [4.78, 5) is 35.2. The third kappa shape index (κ3) is 5.45. The average Bonchev–Trinajstić information content (AvgIpc) is 3.21. The molecule has 1 aromatic heterocycles. The quantitative estimate of drug-likeness (QED) is 0.159. The highest BCUT2D eigenvalue weighted by Crippen LogP contribution is 2.29. The Morgan fingerprint density at radius 3 is 2.29 bits per heavy atom. The molecule has 4 aromatic carbocycles. The van der Waals surface area contributed by atoms with Gasteiger partial charge in [0.05, 0.1) is 16.5 Å². The van der Waals surface area contributed by atoms with Crippen molar-refractivity contribution >= 4 is 28.5 Å². The predicted octanol–water partition coefficient (Wildman–Crippen LogP) is 7.07. The molecule has 0 aliphatic carbocycles. The number of hydrogen-bond acceptors (Lipinski definition) is 4. The normalized spacial score (nSPS) is 11.8. The second-order valence-corrected chi connectivity index (χ2v) is 10.1. The number of rotatable bonds is 8. The van der Waals surface area contributed by atoms with Crippen molar-refractivity contribution in [1.82, 2.24) is 9.88 Å². The van der Waals surface area contributed by atoms with Crippen LogP contribution >= 0.6 is 0 Å². The van der Waals surface area contributed by atoms with Crippen molar-refractivity contribution in [3.05, 3.63) is 135 Å². The number of non-ortho nitro benzene ring substituents is 1. The van der Waals surface area contributed by atoms with Crippen molar-refractivity contribution < 1.29 is 19.6 Å². The van der Waals surface area contributed by atoms with E-state index in [1.165, 1.54) is 12.1 Å². The first kappa shape index (κ1) is 27.3. The van der Waals surface area contributed by atoms with Gasteiger partial charge in [-0.2, -0.15) is 0 Å². The van der Waals surface area contributed by atoms with Crippen LogP contribution in [0.5, 0.6) is 0 Å². The molecule has 0 aliphatic rings. The Kier molecular flexibility index (Phi) is 7.40. The van der Waals surface area contributed by atoms with Gasteiger partial charge in [-0.3, -0.25) is 14.9 Å². The van der Waals surface area contributed by atoms with Crippen molar-refractivity contribution in [2.75, 3.05) is 0 Å². The third-order valence-electron chi connectivity index (χ3n) is 7.62. The zero-order valence-corrected chi connectivity index (χ0v) is 22.9. The molecular formula is C33H29N3O5. The van der Waals surface area contributed by atoms with Gasteiger partial charge in [-0.15, -0.1) is 0 Å². The molecule has 0 unspecified atom stereocenters. The molecule has 5 aromatic rings. The van der Waals surface area contributed by atoms with Crippen LogP contribution in [0, 0.1) is 24.0 Å². The number of hydrogen-bond donors (Lipinski definition) is 2. The zero-order valence-electron chi connectivity index (χ0n) is 22.9. The van der Waals surface area contributed by atoms with E-state index in [-0.39, 0.29) is 23.2 Å². The Morgan fingerprint density at radius 2 is 1.63 bits per heavy atom. The van der Waals surface area contributed by atoms with Crippen LogP contribution in [0.25, 0.3) is 22.0 Å². The maximum absolute atomic E-state index is 13.1. The first-order valence-electron chi connectivity index (χ1n) is 13.2. The summed E-state index contributed by atoms with van der Waals surface area (Å²) < 4.78 is 2.21. The van der Waals surface area contributed by atoms with Gasteiger partial charge in [0.2, 0.25) is 0 Å². The number of nitrogens with zero attached hydrogens (tertiary/aromatic N) is 2. The topological polar surface area (TPSA) is 114 Å². The smallest absolute Gasteiger partial charge is 0.336 e. The third-order valence-corrected chi connectivity index (χ3v) is 7.62. The molecule has 0 radical (unpaired) electrons. The van der Waals surface area contributed by atoms with E-state index in [0.29, 0.717) is 17.7 Å². The van der Waals surface area contributed by atoms with E-state index in [4.69, 9.17) is 0 Å². The van der Waals surface area contributed by atoms with Gasteiger partial charge in [-0.05, 0) is 72.9 Å². The molecule has 2 N–H and O–H groups in total. The van der Waals surface area contributed by atoms with E-state index in [9.17, 15) is 24.8 Å². The highest BCUT2D eigenvalue weighted by Gasteiger charge is 2.17. The largest absolute Gasteiger partial charge is 0.478 e. The van der Waals surface area contributed by atoms with Crippen LogP contribution in [-0.2, 0) is 6.54 Å². The van der Waals surface area contributed by atoms with Crippen molar-refractivity contribution in [2.45, 2.75) is 33.4 Å². The van der Waals surface area contributed by atoms with Crippen LogP contribution in [-0.4, -0.2) is 26.5 Å². The molecule has 0 saturated heterocycles. The number of aryl methyl sites for hydroxylation is 1. The van der Waals surface area contributed by atoms with Gasteiger partial charge in [0.25, 0.3) is 11.6 Å². The maximum Gasteiger partial charge on any atom is 0.336 e. The van der Waals surface area contributed by atoms with Gasteiger partial charge in [0.15, 0.2) is 0 Å². The van der Waals surface area contributed by atoms with Gasteiger partial charge in [-0.25, -0.2) is 4.79 Å². The van der Waals surface area contributed by atoms with Crippen LogP contribution in [0.15, 0.2) is 91.0 Å². The van der Waals surface area contributed by atoms with Crippen molar-refractivity contribution in [3.8, 4) is 11.1 Å². The summed E-state index contributed by atoms with van der Waals surface area (Å²) in [6, 6.07) is 26.4. The summed E-state index contributed by atoms with van der Waals surface area (Å²) in [7, 11) is 0. The summed E-state index contributed by atoms with van der Waals surface area (Å²) in [5, 5.41) is 24.4. The van der Waals surface area contributed by atoms with Gasteiger partial charge in [0.1, 0.15) is 0 Å².